The Labute approximate surface area is 87.6 Å². The molecule has 1 aromatic carbocycles. The number of carbonyl (C=O) groups excluding carboxylic acids is 1. The Morgan fingerprint density at radius 3 is 2.67 bits per heavy atom. The Balaban J connectivity index is 2.83. The number of hydrogen-bond acceptors (Lipinski definition) is 2. The van der Waals surface area contributed by atoms with E-state index in [9.17, 15) is 9.18 Å². The summed E-state index contributed by atoms with van der Waals surface area (Å²) in [5.74, 6) is -0.355. The molecule has 5 heteroatoms. The van der Waals surface area contributed by atoms with Gasteiger partial charge in [-0.25, -0.2) is 9.18 Å². The summed E-state index contributed by atoms with van der Waals surface area (Å²) in [6.07, 6.45) is 0. The molecule has 0 saturated heterocycles. The summed E-state index contributed by atoms with van der Waals surface area (Å²) in [6, 6.07) is 3.86. The van der Waals surface area contributed by atoms with Crippen LogP contribution in [0.25, 0.3) is 0 Å². The van der Waals surface area contributed by atoms with E-state index in [1.54, 1.807) is 14.1 Å². The van der Waals surface area contributed by atoms with E-state index in [0.29, 0.717) is 5.69 Å². The topological polar surface area (TPSA) is 41.6 Å². The van der Waals surface area contributed by atoms with E-state index in [4.69, 9.17) is 4.74 Å². The van der Waals surface area contributed by atoms with Gasteiger partial charge in [-0.05, 0) is 12.1 Å². The lowest BCUT2D eigenvalue weighted by atomic mass is 10.3. The van der Waals surface area contributed by atoms with Crippen molar-refractivity contribution in [1.82, 2.24) is 4.90 Å². The van der Waals surface area contributed by atoms with Gasteiger partial charge in [0.25, 0.3) is 0 Å². The van der Waals surface area contributed by atoms with E-state index in [0.717, 1.165) is 0 Å². The summed E-state index contributed by atoms with van der Waals surface area (Å²) >= 11 is 0. The van der Waals surface area contributed by atoms with Crippen LogP contribution in [-0.2, 0) is 0 Å². The summed E-state index contributed by atoms with van der Waals surface area (Å²) in [7, 11) is 4.61. The SMILES string of the molecule is COc1cc(NC(=O)N(C)C)ccc1F. The fourth-order valence-electron chi connectivity index (χ4n) is 0.973. The van der Waals surface area contributed by atoms with Gasteiger partial charge in [0.05, 0.1) is 7.11 Å². The Morgan fingerprint density at radius 1 is 1.47 bits per heavy atom. The first-order valence-electron chi connectivity index (χ1n) is 4.36. The number of rotatable bonds is 2. The second-order valence-electron chi connectivity index (χ2n) is 3.17. The zero-order chi connectivity index (χ0) is 11.4. The molecule has 0 saturated carbocycles. The molecule has 0 atom stereocenters. The lowest BCUT2D eigenvalue weighted by Crippen LogP contribution is -2.27. The fraction of sp³-hybridized carbons (Fsp3) is 0.300. The third-order valence-corrected chi connectivity index (χ3v) is 1.81. The average molecular weight is 212 g/mol. The number of benzene rings is 1. The van der Waals surface area contributed by atoms with Crippen LogP contribution in [0.4, 0.5) is 14.9 Å². The highest BCUT2D eigenvalue weighted by molar-refractivity contribution is 5.89. The molecule has 0 bridgehead atoms. The van der Waals surface area contributed by atoms with Crippen LogP contribution in [0.1, 0.15) is 0 Å². The van der Waals surface area contributed by atoms with E-state index >= 15 is 0 Å². The van der Waals surface area contributed by atoms with Crippen molar-refractivity contribution in [2.75, 3.05) is 26.5 Å². The molecule has 0 spiro atoms. The lowest BCUT2D eigenvalue weighted by Gasteiger charge is -2.12. The molecular weight excluding hydrogens is 199 g/mol. The molecule has 0 fully saturated rings. The van der Waals surface area contributed by atoms with Crippen LogP contribution in [0, 0.1) is 5.82 Å². The van der Waals surface area contributed by atoms with Gasteiger partial charge in [-0.3, -0.25) is 0 Å². The van der Waals surface area contributed by atoms with Gasteiger partial charge in [0, 0.05) is 25.8 Å². The van der Waals surface area contributed by atoms with Gasteiger partial charge in [-0.2, -0.15) is 0 Å². The molecule has 4 nitrogen and oxygen atoms in total. The van der Waals surface area contributed by atoms with Gasteiger partial charge in [0.1, 0.15) is 0 Å². The van der Waals surface area contributed by atoms with Crippen molar-refractivity contribution in [3.05, 3.63) is 24.0 Å². The van der Waals surface area contributed by atoms with Crippen LogP contribution in [0.15, 0.2) is 18.2 Å². The van der Waals surface area contributed by atoms with Crippen LogP contribution in [-0.4, -0.2) is 32.1 Å². The van der Waals surface area contributed by atoms with Gasteiger partial charge < -0.3 is 15.0 Å². The van der Waals surface area contributed by atoms with Gasteiger partial charge in [0.15, 0.2) is 11.6 Å². The third kappa shape index (κ3) is 2.83. The van der Waals surface area contributed by atoms with Crippen molar-refractivity contribution in [1.29, 1.82) is 0 Å². The molecule has 0 aliphatic heterocycles. The predicted octanol–water partition coefficient (Wildman–Crippen LogP) is 1.93. The Morgan fingerprint density at radius 2 is 2.13 bits per heavy atom. The first kappa shape index (κ1) is 11.3. The molecule has 2 amide bonds. The number of nitrogens with zero attached hydrogens (tertiary/aromatic N) is 1. The van der Waals surface area contributed by atoms with Crippen LogP contribution in [0.5, 0.6) is 5.75 Å². The average Bonchev–Trinajstić information content (AvgIpc) is 2.20. The third-order valence-electron chi connectivity index (χ3n) is 1.81. The van der Waals surface area contributed by atoms with E-state index < -0.39 is 5.82 Å². The van der Waals surface area contributed by atoms with Crippen molar-refractivity contribution < 1.29 is 13.9 Å². The molecule has 0 aliphatic rings. The van der Waals surface area contributed by atoms with Crippen LogP contribution in [0.2, 0.25) is 0 Å². The summed E-state index contributed by atoms with van der Waals surface area (Å²) in [5, 5.41) is 2.58. The molecule has 0 unspecified atom stereocenters. The molecule has 1 aromatic rings. The molecule has 1 rings (SSSR count). The summed E-state index contributed by atoms with van der Waals surface area (Å²) in [4.78, 5) is 12.7. The maximum atomic E-state index is 13.0. The fourth-order valence-corrected chi connectivity index (χ4v) is 0.973. The second-order valence-corrected chi connectivity index (χ2v) is 3.17. The smallest absolute Gasteiger partial charge is 0.321 e. The highest BCUT2D eigenvalue weighted by atomic mass is 19.1. The normalized spacial score (nSPS) is 9.60. The summed E-state index contributed by atoms with van der Waals surface area (Å²) < 4.78 is 17.8. The number of anilines is 1. The van der Waals surface area contributed by atoms with E-state index in [1.165, 1.54) is 30.2 Å². The zero-order valence-electron chi connectivity index (χ0n) is 8.87. The number of carbonyl (C=O) groups is 1. The number of urea groups is 1. The lowest BCUT2D eigenvalue weighted by molar-refractivity contribution is 0.230. The summed E-state index contributed by atoms with van der Waals surface area (Å²) in [6.45, 7) is 0. The molecule has 0 radical (unpaired) electrons. The largest absolute Gasteiger partial charge is 0.494 e. The minimum absolute atomic E-state index is 0.103. The minimum Gasteiger partial charge on any atom is -0.494 e. The Kier molecular flexibility index (Phi) is 3.49. The number of hydrogen-bond donors (Lipinski definition) is 1. The maximum absolute atomic E-state index is 13.0. The molecule has 0 aliphatic carbocycles. The molecule has 0 aromatic heterocycles. The van der Waals surface area contributed by atoms with Crippen LogP contribution < -0.4 is 10.1 Å². The van der Waals surface area contributed by atoms with Crippen molar-refractivity contribution in [3.63, 3.8) is 0 Å². The number of amides is 2. The quantitative estimate of drug-likeness (QED) is 0.813. The number of ether oxygens (including phenoxy) is 1. The molecule has 1 N–H and O–H groups in total. The minimum atomic E-state index is -0.458. The highest BCUT2D eigenvalue weighted by Gasteiger charge is 2.07. The number of nitrogens with one attached hydrogen (secondary N) is 1. The summed E-state index contributed by atoms with van der Waals surface area (Å²) in [5.41, 5.74) is 0.493. The second kappa shape index (κ2) is 4.63. The zero-order valence-corrected chi connectivity index (χ0v) is 8.87. The van der Waals surface area contributed by atoms with Crippen molar-refractivity contribution in [3.8, 4) is 5.75 Å². The van der Waals surface area contributed by atoms with E-state index in [-0.39, 0.29) is 11.8 Å². The first-order valence-corrected chi connectivity index (χ1v) is 4.36. The first-order chi connectivity index (χ1) is 7.04. The number of methoxy groups -OCH3 is 1. The van der Waals surface area contributed by atoms with Crippen molar-refractivity contribution >= 4 is 11.7 Å². The maximum Gasteiger partial charge on any atom is 0.321 e. The van der Waals surface area contributed by atoms with Crippen molar-refractivity contribution in [2.24, 2.45) is 0 Å². The van der Waals surface area contributed by atoms with E-state index in [1.807, 2.05) is 0 Å². The molecule has 0 heterocycles. The van der Waals surface area contributed by atoms with Gasteiger partial charge in [-0.1, -0.05) is 0 Å². The molecule has 82 valence electrons. The Bertz CT molecular complexity index is 366. The Hall–Kier alpha value is -1.78. The molecular formula is C10H13FN2O2. The van der Waals surface area contributed by atoms with Gasteiger partial charge in [0.2, 0.25) is 0 Å². The standard InChI is InChI=1S/C10H13FN2O2/c1-13(2)10(14)12-7-4-5-8(11)9(6-7)15-3/h4-6H,1-3H3,(H,12,14). The predicted molar refractivity (Wildman–Crippen MR) is 55.7 cm³/mol. The number of halogens is 1. The van der Waals surface area contributed by atoms with Gasteiger partial charge >= 0.3 is 6.03 Å². The van der Waals surface area contributed by atoms with Crippen molar-refractivity contribution in [2.45, 2.75) is 0 Å². The van der Waals surface area contributed by atoms with E-state index in [2.05, 4.69) is 5.32 Å². The molecule has 15 heavy (non-hydrogen) atoms. The van der Waals surface area contributed by atoms with Gasteiger partial charge in [-0.15, -0.1) is 0 Å². The highest BCUT2D eigenvalue weighted by Crippen LogP contribution is 2.21. The monoisotopic (exact) mass is 212 g/mol. The van der Waals surface area contributed by atoms with Crippen LogP contribution in [0.3, 0.4) is 0 Å². The van der Waals surface area contributed by atoms with Crippen LogP contribution >= 0.6 is 0 Å².